The zero-order valence-electron chi connectivity index (χ0n) is 10.7. The number of halogens is 2. The number of nitrogens with one attached hydrogen (secondary N) is 2. The van der Waals surface area contributed by atoms with Crippen molar-refractivity contribution in [3.8, 4) is 0 Å². The molecule has 0 aliphatic carbocycles. The summed E-state index contributed by atoms with van der Waals surface area (Å²) in [6.45, 7) is 0. The Kier molecular flexibility index (Phi) is 3.84. The first-order chi connectivity index (χ1) is 9.52. The fraction of sp³-hybridized carbons (Fsp3) is 0.0714. The van der Waals surface area contributed by atoms with E-state index in [9.17, 15) is 13.6 Å². The molecule has 0 saturated heterocycles. The number of anilines is 3. The number of amides is 1. The van der Waals surface area contributed by atoms with Crippen molar-refractivity contribution in [1.82, 2.24) is 5.32 Å². The number of benzene rings is 2. The van der Waals surface area contributed by atoms with Crippen LogP contribution in [0.5, 0.6) is 0 Å². The average Bonchev–Trinajstić information content (AvgIpc) is 2.45. The molecule has 0 fully saturated rings. The van der Waals surface area contributed by atoms with E-state index in [1.54, 1.807) is 0 Å². The maximum absolute atomic E-state index is 13.5. The molecule has 20 heavy (non-hydrogen) atoms. The number of hydrogen-bond donors (Lipinski definition) is 3. The molecular formula is C14H13F2N3O. The Hall–Kier alpha value is -2.63. The number of nitrogen functional groups attached to an aromatic ring is 1. The first-order valence-corrected chi connectivity index (χ1v) is 5.85. The van der Waals surface area contributed by atoms with Crippen molar-refractivity contribution in [3.63, 3.8) is 0 Å². The predicted octanol–water partition coefficient (Wildman–Crippen LogP) is 2.65. The first kappa shape index (κ1) is 13.8. The predicted molar refractivity (Wildman–Crippen MR) is 73.9 cm³/mol. The van der Waals surface area contributed by atoms with Gasteiger partial charge in [0.25, 0.3) is 5.91 Å². The number of carbonyl (C=O) groups is 1. The lowest BCUT2D eigenvalue weighted by molar-refractivity contribution is 0.0963. The molecule has 4 nitrogen and oxygen atoms in total. The molecule has 0 unspecified atom stereocenters. The van der Waals surface area contributed by atoms with Gasteiger partial charge in [0.05, 0.1) is 17.1 Å². The van der Waals surface area contributed by atoms with Crippen LogP contribution >= 0.6 is 0 Å². The van der Waals surface area contributed by atoms with E-state index in [0.29, 0.717) is 11.3 Å². The van der Waals surface area contributed by atoms with Gasteiger partial charge in [-0.15, -0.1) is 0 Å². The number of hydrogen-bond acceptors (Lipinski definition) is 3. The van der Waals surface area contributed by atoms with Gasteiger partial charge in [-0.3, -0.25) is 4.79 Å². The van der Waals surface area contributed by atoms with Crippen LogP contribution in [0.2, 0.25) is 0 Å². The second-order valence-corrected chi connectivity index (χ2v) is 4.11. The lowest BCUT2D eigenvalue weighted by Crippen LogP contribution is -2.18. The SMILES string of the molecule is CNC(=O)c1ccc(Nc2cccc(F)c2F)c(N)c1. The smallest absolute Gasteiger partial charge is 0.251 e. The molecule has 0 aliphatic heterocycles. The molecule has 2 aromatic carbocycles. The van der Waals surface area contributed by atoms with Crippen LogP contribution in [0.1, 0.15) is 10.4 Å². The summed E-state index contributed by atoms with van der Waals surface area (Å²) in [6, 6.07) is 8.33. The summed E-state index contributed by atoms with van der Waals surface area (Å²) in [4.78, 5) is 11.4. The van der Waals surface area contributed by atoms with Crippen LogP contribution in [0.25, 0.3) is 0 Å². The number of rotatable bonds is 3. The van der Waals surface area contributed by atoms with E-state index < -0.39 is 11.6 Å². The minimum absolute atomic E-state index is 0.0237. The highest BCUT2D eigenvalue weighted by atomic mass is 19.2. The highest BCUT2D eigenvalue weighted by Crippen LogP contribution is 2.26. The minimum Gasteiger partial charge on any atom is -0.397 e. The van der Waals surface area contributed by atoms with E-state index in [0.717, 1.165) is 6.07 Å². The maximum Gasteiger partial charge on any atom is 0.251 e. The van der Waals surface area contributed by atoms with Crippen molar-refractivity contribution >= 4 is 23.0 Å². The summed E-state index contributed by atoms with van der Waals surface area (Å²) < 4.78 is 26.6. The van der Waals surface area contributed by atoms with Gasteiger partial charge >= 0.3 is 0 Å². The summed E-state index contributed by atoms with van der Waals surface area (Å²) in [5, 5.41) is 5.16. The fourth-order valence-corrected chi connectivity index (χ4v) is 1.71. The van der Waals surface area contributed by atoms with Gasteiger partial charge in [-0.1, -0.05) is 6.07 Å². The summed E-state index contributed by atoms with van der Waals surface area (Å²) in [6.07, 6.45) is 0. The molecule has 0 radical (unpaired) electrons. The van der Waals surface area contributed by atoms with Crippen LogP contribution in [0.4, 0.5) is 25.8 Å². The van der Waals surface area contributed by atoms with Gasteiger partial charge in [0.1, 0.15) is 0 Å². The van der Waals surface area contributed by atoms with E-state index in [-0.39, 0.29) is 17.3 Å². The largest absolute Gasteiger partial charge is 0.397 e. The molecule has 2 rings (SSSR count). The molecular weight excluding hydrogens is 264 g/mol. The first-order valence-electron chi connectivity index (χ1n) is 5.85. The van der Waals surface area contributed by atoms with E-state index >= 15 is 0 Å². The second-order valence-electron chi connectivity index (χ2n) is 4.11. The van der Waals surface area contributed by atoms with Crippen molar-refractivity contribution in [2.24, 2.45) is 0 Å². The van der Waals surface area contributed by atoms with Gasteiger partial charge in [-0.25, -0.2) is 8.78 Å². The quantitative estimate of drug-likeness (QED) is 0.755. The van der Waals surface area contributed by atoms with Gasteiger partial charge in [0.15, 0.2) is 11.6 Å². The van der Waals surface area contributed by atoms with Crippen LogP contribution in [0.15, 0.2) is 36.4 Å². The number of carbonyl (C=O) groups excluding carboxylic acids is 1. The molecule has 0 bridgehead atoms. The van der Waals surface area contributed by atoms with Gasteiger partial charge in [-0.05, 0) is 30.3 Å². The molecule has 0 aliphatic rings. The van der Waals surface area contributed by atoms with Crippen LogP contribution in [0.3, 0.4) is 0 Å². The third kappa shape index (κ3) is 2.69. The Morgan fingerprint density at radius 3 is 2.55 bits per heavy atom. The van der Waals surface area contributed by atoms with E-state index in [4.69, 9.17) is 5.73 Å². The van der Waals surface area contributed by atoms with E-state index in [2.05, 4.69) is 10.6 Å². The Morgan fingerprint density at radius 1 is 1.15 bits per heavy atom. The Labute approximate surface area is 114 Å². The molecule has 0 saturated carbocycles. The monoisotopic (exact) mass is 277 g/mol. The summed E-state index contributed by atoms with van der Waals surface area (Å²) in [7, 11) is 1.51. The van der Waals surface area contributed by atoms with Crippen molar-refractivity contribution in [2.45, 2.75) is 0 Å². The van der Waals surface area contributed by atoms with E-state index in [1.165, 1.54) is 37.4 Å². The summed E-state index contributed by atoms with van der Waals surface area (Å²) in [5.41, 5.74) is 6.80. The normalized spacial score (nSPS) is 10.2. The van der Waals surface area contributed by atoms with Crippen LogP contribution in [-0.2, 0) is 0 Å². The Bertz CT molecular complexity index is 659. The summed E-state index contributed by atoms with van der Waals surface area (Å²) >= 11 is 0. The van der Waals surface area contributed by atoms with Crippen molar-refractivity contribution in [2.75, 3.05) is 18.1 Å². The maximum atomic E-state index is 13.5. The Morgan fingerprint density at radius 2 is 1.90 bits per heavy atom. The molecule has 1 amide bonds. The summed E-state index contributed by atoms with van der Waals surface area (Å²) in [5.74, 6) is -2.21. The molecule has 0 heterocycles. The van der Waals surface area contributed by atoms with Crippen molar-refractivity contribution < 1.29 is 13.6 Å². The van der Waals surface area contributed by atoms with Crippen LogP contribution in [-0.4, -0.2) is 13.0 Å². The van der Waals surface area contributed by atoms with Crippen molar-refractivity contribution in [3.05, 3.63) is 53.6 Å². The van der Waals surface area contributed by atoms with Crippen molar-refractivity contribution in [1.29, 1.82) is 0 Å². The molecule has 0 atom stereocenters. The lowest BCUT2D eigenvalue weighted by Gasteiger charge is -2.11. The average molecular weight is 277 g/mol. The van der Waals surface area contributed by atoms with Gasteiger partial charge in [0.2, 0.25) is 0 Å². The number of nitrogens with two attached hydrogens (primary N) is 1. The Balaban J connectivity index is 2.30. The fourth-order valence-electron chi connectivity index (χ4n) is 1.71. The zero-order valence-corrected chi connectivity index (χ0v) is 10.7. The molecule has 0 aromatic heterocycles. The molecule has 0 spiro atoms. The third-order valence-electron chi connectivity index (χ3n) is 2.76. The second kappa shape index (κ2) is 5.56. The molecule has 6 heteroatoms. The van der Waals surface area contributed by atoms with Gasteiger partial charge in [0, 0.05) is 12.6 Å². The zero-order chi connectivity index (χ0) is 14.7. The topological polar surface area (TPSA) is 67.2 Å². The third-order valence-corrected chi connectivity index (χ3v) is 2.76. The minimum atomic E-state index is -0.984. The lowest BCUT2D eigenvalue weighted by atomic mass is 10.1. The van der Waals surface area contributed by atoms with Gasteiger partial charge in [-0.2, -0.15) is 0 Å². The van der Waals surface area contributed by atoms with Crippen LogP contribution in [0, 0.1) is 11.6 Å². The molecule has 2 aromatic rings. The highest BCUT2D eigenvalue weighted by Gasteiger charge is 2.10. The molecule has 104 valence electrons. The standard InChI is InChI=1S/C14H13F2N3O/c1-18-14(20)8-5-6-11(10(17)7-8)19-12-4-2-3-9(15)13(12)16/h2-7,19H,17H2,1H3,(H,18,20). The van der Waals surface area contributed by atoms with E-state index in [1.807, 2.05) is 0 Å². The van der Waals surface area contributed by atoms with Crippen LogP contribution < -0.4 is 16.4 Å². The van der Waals surface area contributed by atoms with Gasteiger partial charge < -0.3 is 16.4 Å². The highest BCUT2D eigenvalue weighted by molar-refractivity contribution is 5.96. The molecule has 4 N–H and O–H groups in total.